The summed E-state index contributed by atoms with van der Waals surface area (Å²) >= 11 is 0. The minimum absolute atomic E-state index is 0.244. The first kappa shape index (κ1) is 14.2. The molecule has 0 aliphatic rings. The number of nitrogens with two attached hydrogens (primary N) is 1. The maximum atomic E-state index is 13.8. The van der Waals surface area contributed by atoms with E-state index in [4.69, 9.17) is 10.6 Å². The zero-order valence-electron chi connectivity index (χ0n) is 11.3. The summed E-state index contributed by atoms with van der Waals surface area (Å²) < 4.78 is 18.8. The quantitative estimate of drug-likeness (QED) is 0.641. The number of hydrazine groups is 1. The number of methoxy groups -OCH3 is 1. The van der Waals surface area contributed by atoms with E-state index in [1.54, 1.807) is 43.3 Å². The Bertz CT molecular complexity index is 593. The molecule has 0 aliphatic heterocycles. The van der Waals surface area contributed by atoms with Gasteiger partial charge in [-0.25, -0.2) is 20.2 Å². The van der Waals surface area contributed by atoms with Gasteiger partial charge in [0, 0.05) is 20.2 Å². The molecule has 6 nitrogen and oxygen atoms in total. The van der Waals surface area contributed by atoms with Gasteiger partial charge in [-0.3, -0.25) is 0 Å². The Kier molecular flexibility index (Phi) is 4.44. The topological polar surface area (TPSA) is 76.3 Å². The van der Waals surface area contributed by atoms with Crippen molar-refractivity contribution < 1.29 is 9.13 Å². The first-order valence-electron chi connectivity index (χ1n) is 5.97. The summed E-state index contributed by atoms with van der Waals surface area (Å²) in [4.78, 5) is 10.1. The van der Waals surface area contributed by atoms with E-state index in [1.165, 1.54) is 6.07 Å². The van der Waals surface area contributed by atoms with Crippen LogP contribution in [0.3, 0.4) is 0 Å². The smallest absolute Gasteiger partial charge is 0.158 e. The molecule has 0 radical (unpaired) electrons. The summed E-state index contributed by atoms with van der Waals surface area (Å²) in [6, 6.07) is 8.09. The standard InChI is InChI=1S/C13H16FN5O/c1-19(10-6-4-3-5-9(10)14)13-7-11(18-15)16-12(17-13)8-20-2/h3-7H,8,15H2,1-2H3,(H,16,17,18). The van der Waals surface area contributed by atoms with Gasteiger partial charge in [-0.05, 0) is 12.1 Å². The highest BCUT2D eigenvalue weighted by Crippen LogP contribution is 2.25. The minimum Gasteiger partial charge on any atom is -0.377 e. The molecular weight excluding hydrogens is 261 g/mol. The first-order valence-corrected chi connectivity index (χ1v) is 5.97. The van der Waals surface area contributed by atoms with Crippen LogP contribution in [-0.4, -0.2) is 24.1 Å². The van der Waals surface area contributed by atoms with Crippen molar-refractivity contribution in [1.29, 1.82) is 0 Å². The van der Waals surface area contributed by atoms with Crippen molar-refractivity contribution in [3.05, 3.63) is 42.0 Å². The second-order valence-electron chi connectivity index (χ2n) is 4.12. The lowest BCUT2D eigenvalue weighted by molar-refractivity contribution is 0.178. The highest BCUT2D eigenvalue weighted by molar-refractivity contribution is 5.62. The number of hydrogen-bond donors (Lipinski definition) is 2. The van der Waals surface area contributed by atoms with Crippen molar-refractivity contribution in [3.8, 4) is 0 Å². The van der Waals surface area contributed by atoms with E-state index < -0.39 is 0 Å². The number of nitrogen functional groups attached to an aromatic ring is 1. The fraction of sp³-hybridized carbons (Fsp3) is 0.231. The van der Waals surface area contributed by atoms with E-state index in [-0.39, 0.29) is 12.4 Å². The van der Waals surface area contributed by atoms with Crippen LogP contribution in [-0.2, 0) is 11.3 Å². The van der Waals surface area contributed by atoms with E-state index in [0.717, 1.165) is 0 Å². The summed E-state index contributed by atoms with van der Waals surface area (Å²) in [5.74, 6) is 6.46. The lowest BCUT2D eigenvalue weighted by atomic mass is 10.3. The average molecular weight is 277 g/mol. The van der Waals surface area contributed by atoms with Gasteiger partial charge in [0.05, 0.1) is 5.69 Å². The summed E-state index contributed by atoms with van der Waals surface area (Å²) in [6.45, 7) is 0.244. The number of ether oxygens (including phenoxy) is 1. The van der Waals surface area contributed by atoms with Crippen LogP contribution in [0.15, 0.2) is 30.3 Å². The number of halogens is 1. The summed E-state index contributed by atoms with van der Waals surface area (Å²) in [5.41, 5.74) is 2.87. The number of nitrogens with one attached hydrogen (secondary N) is 1. The second-order valence-corrected chi connectivity index (χ2v) is 4.12. The van der Waals surface area contributed by atoms with Crippen LogP contribution in [0.2, 0.25) is 0 Å². The Hall–Kier alpha value is -2.25. The van der Waals surface area contributed by atoms with Gasteiger partial charge in [-0.15, -0.1) is 0 Å². The number of aromatic nitrogens is 2. The number of rotatable bonds is 5. The van der Waals surface area contributed by atoms with Crippen molar-refractivity contribution in [2.45, 2.75) is 6.61 Å². The molecule has 0 saturated heterocycles. The lowest BCUT2D eigenvalue weighted by Crippen LogP contribution is -2.17. The highest BCUT2D eigenvalue weighted by atomic mass is 19.1. The molecule has 0 saturated carbocycles. The van der Waals surface area contributed by atoms with Crippen LogP contribution in [0.5, 0.6) is 0 Å². The third-order valence-electron chi connectivity index (χ3n) is 2.74. The van der Waals surface area contributed by atoms with E-state index in [0.29, 0.717) is 23.1 Å². The van der Waals surface area contributed by atoms with E-state index in [2.05, 4.69) is 15.4 Å². The van der Waals surface area contributed by atoms with Gasteiger partial charge >= 0.3 is 0 Å². The molecule has 3 N–H and O–H groups in total. The molecule has 0 bridgehead atoms. The summed E-state index contributed by atoms with van der Waals surface area (Å²) in [7, 11) is 3.27. The zero-order valence-corrected chi connectivity index (χ0v) is 11.3. The monoisotopic (exact) mass is 277 g/mol. The Morgan fingerprint density at radius 1 is 1.35 bits per heavy atom. The molecule has 0 spiro atoms. The number of anilines is 3. The maximum Gasteiger partial charge on any atom is 0.158 e. The molecule has 1 aromatic heterocycles. The van der Waals surface area contributed by atoms with Crippen LogP contribution in [0.4, 0.5) is 21.7 Å². The summed E-state index contributed by atoms with van der Waals surface area (Å²) in [6.07, 6.45) is 0. The first-order chi connectivity index (χ1) is 9.65. The third-order valence-corrected chi connectivity index (χ3v) is 2.74. The molecule has 0 aliphatic carbocycles. The molecule has 106 valence electrons. The predicted octanol–water partition coefficient (Wildman–Crippen LogP) is 1.82. The van der Waals surface area contributed by atoms with Crippen molar-refractivity contribution in [2.75, 3.05) is 24.5 Å². The minimum atomic E-state index is -0.329. The number of para-hydroxylation sites is 1. The fourth-order valence-corrected chi connectivity index (χ4v) is 1.77. The molecule has 1 aromatic carbocycles. The molecular formula is C13H16FN5O. The molecule has 0 amide bonds. The van der Waals surface area contributed by atoms with Gasteiger partial charge in [0.2, 0.25) is 0 Å². The Morgan fingerprint density at radius 3 is 2.75 bits per heavy atom. The Morgan fingerprint density at radius 2 is 2.10 bits per heavy atom. The normalized spacial score (nSPS) is 10.4. The van der Waals surface area contributed by atoms with Crippen LogP contribution in [0.1, 0.15) is 5.82 Å². The van der Waals surface area contributed by atoms with Crippen molar-refractivity contribution >= 4 is 17.3 Å². The van der Waals surface area contributed by atoms with Crippen LogP contribution < -0.4 is 16.2 Å². The second kappa shape index (κ2) is 6.27. The maximum absolute atomic E-state index is 13.8. The van der Waals surface area contributed by atoms with Gasteiger partial charge in [0.1, 0.15) is 24.1 Å². The molecule has 7 heteroatoms. The fourth-order valence-electron chi connectivity index (χ4n) is 1.77. The number of hydrogen-bond acceptors (Lipinski definition) is 6. The van der Waals surface area contributed by atoms with Crippen LogP contribution in [0.25, 0.3) is 0 Å². The van der Waals surface area contributed by atoms with Gasteiger partial charge in [-0.2, -0.15) is 0 Å². The molecule has 0 fully saturated rings. The van der Waals surface area contributed by atoms with Crippen molar-refractivity contribution in [3.63, 3.8) is 0 Å². The van der Waals surface area contributed by atoms with E-state index >= 15 is 0 Å². The van der Waals surface area contributed by atoms with Crippen molar-refractivity contribution in [1.82, 2.24) is 9.97 Å². The van der Waals surface area contributed by atoms with Gasteiger partial charge in [0.15, 0.2) is 5.82 Å². The largest absolute Gasteiger partial charge is 0.377 e. The molecule has 1 heterocycles. The SMILES string of the molecule is COCc1nc(NN)cc(N(C)c2ccccc2F)n1. The van der Waals surface area contributed by atoms with Gasteiger partial charge in [0.25, 0.3) is 0 Å². The van der Waals surface area contributed by atoms with Gasteiger partial charge in [-0.1, -0.05) is 12.1 Å². The molecule has 2 aromatic rings. The highest BCUT2D eigenvalue weighted by Gasteiger charge is 2.12. The predicted molar refractivity (Wildman–Crippen MR) is 75.0 cm³/mol. The average Bonchev–Trinajstić information content (AvgIpc) is 2.47. The molecule has 2 rings (SSSR count). The van der Waals surface area contributed by atoms with E-state index in [1.807, 2.05) is 0 Å². The zero-order chi connectivity index (χ0) is 14.5. The Balaban J connectivity index is 2.40. The van der Waals surface area contributed by atoms with Crippen LogP contribution in [0, 0.1) is 5.82 Å². The Labute approximate surface area is 116 Å². The number of nitrogens with zero attached hydrogens (tertiary/aromatic N) is 3. The molecule has 0 atom stereocenters. The molecule has 20 heavy (non-hydrogen) atoms. The lowest BCUT2D eigenvalue weighted by Gasteiger charge is -2.20. The van der Waals surface area contributed by atoms with E-state index in [9.17, 15) is 4.39 Å². The molecule has 0 unspecified atom stereocenters. The van der Waals surface area contributed by atoms with Crippen molar-refractivity contribution in [2.24, 2.45) is 5.84 Å². The van der Waals surface area contributed by atoms with Gasteiger partial charge < -0.3 is 15.1 Å². The van der Waals surface area contributed by atoms with Crippen LogP contribution >= 0.6 is 0 Å². The summed E-state index contributed by atoms with van der Waals surface area (Å²) in [5, 5.41) is 0. The third kappa shape index (κ3) is 3.01. The number of benzene rings is 1.